The lowest BCUT2D eigenvalue weighted by atomic mass is 9.93. The highest BCUT2D eigenvalue weighted by molar-refractivity contribution is 5.07. The molecule has 0 saturated carbocycles. The van der Waals surface area contributed by atoms with Gasteiger partial charge in [0.2, 0.25) is 0 Å². The van der Waals surface area contributed by atoms with Gasteiger partial charge in [-0.1, -0.05) is 26.0 Å². The minimum absolute atomic E-state index is 0.00677. The van der Waals surface area contributed by atoms with Gasteiger partial charge in [0.1, 0.15) is 0 Å². The third-order valence-corrected chi connectivity index (χ3v) is 4.33. The van der Waals surface area contributed by atoms with Gasteiger partial charge in [0.15, 0.2) is 0 Å². The van der Waals surface area contributed by atoms with Crippen LogP contribution in [0.5, 0.6) is 0 Å². The van der Waals surface area contributed by atoms with Gasteiger partial charge in [-0.2, -0.15) is 0 Å². The van der Waals surface area contributed by atoms with Crippen molar-refractivity contribution in [2.24, 2.45) is 0 Å². The second kappa shape index (κ2) is 5.09. The van der Waals surface area contributed by atoms with Crippen molar-refractivity contribution in [3.05, 3.63) is 11.9 Å². The van der Waals surface area contributed by atoms with Crippen LogP contribution in [0.2, 0.25) is 0 Å². The molecular weight excluding hydrogens is 256 g/mol. The molecule has 112 valence electrons. The van der Waals surface area contributed by atoms with E-state index in [1.807, 2.05) is 10.9 Å². The summed E-state index contributed by atoms with van der Waals surface area (Å²) < 4.78 is 7.07. The fraction of sp³-hybridized carbons (Fsp3) is 0.857. The van der Waals surface area contributed by atoms with Gasteiger partial charge in [-0.25, -0.2) is 4.68 Å². The minimum Gasteiger partial charge on any atom is -0.390 e. The molecule has 2 atom stereocenters. The van der Waals surface area contributed by atoms with Crippen LogP contribution in [0.1, 0.15) is 38.9 Å². The summed E-state index contributed by atoms with van der Waals surface area (Å²) in [5.74, 6) is 0. The van der Waals surface area contributed by atoms with Crippen LogP contribution in [0.4, 0.5) is 0 Å². The molecule has 0 radical (unpaired) electrons. The summed E-state index contributed by atoms with van der Waals surface area (Å²) >= 11 is 0. The van der Waals surface area contributed by atoms with Crippen LogP contribution < -0.4 is 0 Å². The van der Waals surface area contributed by atoms with Crippen LogP contribution in [-0.4, -0.2) is 63.4 Å². The lowest BCUT2D eigenvalue weighted by Gasteiger charge is -2.43. The molecule has 1 N–H and O–H groups in total. The number of likely N-dealkylation sites (tertiary alicyclic amines) is 1. The van der Waals surface area contributed by atoms with Crippen LogP contribution in [0.25, 0.3) is 0 Å². The van der Waals surface area contributed by atoms with Crippen molar-refractivity contribution >= 4 is 0 Å². The summed E-state index contributed by atoms with van der Waals surface area (Å²) in [5, 5.41) is 18.9. The Labute approximate surface area is 119 Å². The molecule has 3 heterocycles. The van der Waals surface area contributed by atoms with Crippen LogP contribution in [-0.2, 0) is 10.2 Å². The molecule has 2 aliphatic heterocycles. The second-order valence-electron chi connectivity index (χ2n) is 6.94. The Bertz CT molecular complexity index is 464. The molecule has 1 aromatic rings. The van der Waals surface area contributed by atoms with E-state index in [0.717, 1.165) is 31.9 Å². The Kier molecular flexibility index (Phi) is 3.56. The van der Waals surface area contributed by atoms with E-state index in [4.69, 9.17) is 4.74 Å². The summed E-state index contributed by atoms with van der Waals surface area (Å²) in [6.07, 6.45) is 2.50. The largest absolute Gasteiger partial charge is 0.390 e. The summed E-state index contributed by atoms with van der Waals surface area (Å²) in [6, 6.07) is 0.530. The Morgan fingerprint density at radius 3 is 2.60 bits per heavy atom. The van der Waals surface area contributed by atoms with Crippen molar-refractivity contribution in [2.75, 3.05) is 26.3 Å². The van der Waals surface area contributed by atoms with Crippen molar-refractivity contribution in [3.8, 4) is 0 Å². The number of piperidine rings is 1. The predicted octanol–water partition coefficient (Wildman–Crippen LogP) is 0.582. The second-order valence-corrected chi connectivity index (χ2v) is 6.94. The molecule has 0 aromatic carbocycles. The van der Waals surface area contributed by atoms with E-state index in [1.54, 1.807) is 0 Å². The fourth-order valence-corrected chi connectivity index (χ4v) is 2.80. The normalized spacial score (nSPS) is 29.4. The van der Waals surface area contributed by atoms with Gasteiger partial charge >= 0.3 is 0 Å². The Balaban J connectivity index is 1.67. The average Bonchev–Trinajstić information content (AvgIpc) is 2.75. The summed E-state index contributed by atoms with van der Waals surface area (Å²) in [5.41, 5.74) is 0.965. The minimum atomic E-state index is -0.390. The Hall–Kier alpha value is -0.980. The maximum absolute atomic E-state index is 10.4. The van der Waals surface area contributed by atoms with Crippen molar-refractivity contribution in [1.82, 2.24) is 19.9 Å². The number of hydrogen-bond acceptors (Lipinski definition) is 5. The van der Waals surface area contributed by atoms with Crippen molar-refractivity contribution in [2.45, 2.75) is 50.8 Å². The van der Waals surface area contributed by atoms with Gasteiger partial charge in [-0.3, -0.25) is 4.90 Å². The molecule has 6 heteroatoms. The van der Waals surface area contributed by atoms with Gasteiger partial charge in [0, 0.05) is 24.7 Å². The molecular formula is C14H24N4O2. The summed E-state index contributed by atoms with van der Waals surface area (Å²) in [4.78, 5) is 2.33. The number of hydrogen-bond donors (Lipinski definition) is 1. The number of rotatable bonds is 2. The lowest BCUT2D eigenvalue weighted by Crippen LogP contribution is -2.55. The fourth-order valence-electron chi connectivity index (χ4n) is 2.80. The van der Waals surface area contributed by atoms with Gasteiger partial charge in [-0.05, 0) is 6.42 Å². The first-order valence-electron chi connectivity index (χ1n) is 7.37. The number of aromatic nitrogens is 3. The molecule has 0 aliphatic carbocycles. The molecule has 2 aliphatic rings. The smallest absolute Gasteiger partial charge is 0.0892 e. The SMILES string of the molecule is CC(C)(C)c1cn([C@@H]2CCN(C3COC3)C[C@H]2O)nn1. The van der Waals surface area contributed by atoms with Gasteiger partial charge < -0.3 is 9.84 Å². The molecule has 0 spiro atoms. The molecule has 0 bridgehead atoms. The standard InChI is InChI=1S/C14H24N4O2/c1-14(2,3)13-7-18(16-15-13)11-4-5-17(6-12(11)19)10-8-20-9-10/h7,10-12,19H,4-6,8-9H2,1-3H3/t11-,12-/m1/s1. The van der Waals surface area contributed by atoms with Crippen LogP contribution in [0.3, 0.4) is 0 Å². The first-order chi connectivity index (χ1) is 9.45. The quantitative estimate of drug-likeness (QED) is 0.858. The van der Waals surface area contributed by atoms with Crippen molar-refractivity contribution in [3.63, 3.8) is 0 Å². The predicted molar refractivity (Wildman–Crippen MR) is 74.6 cm³/mol. The van der Waals surface area contributed by atoms with Crippen LogP contribution in [0.15, 0.2) is 6.20 Å². The first kappa shape index (κ1) is 14.0. The van der Waals surface area contributed by atoms with E-state index in [0.29, 0.717) is 12.6 Å². The van der Waals surface area contributed by atoms with Gasteiger partial charge in [-0.15, -0.1) is 5.10 Å². The van der Waals surface area contributed by atoms with E-state index in [2.05, 4.69) is 36.0 Å². The molecule has 3 rings (SSSR count). The van der Waals surface area contributed by atoms with Crippen LogP contribution in [0, 0.1) is 0 Å². The van der Waals surface area contributed by atoms with E-state index in [1.165, 1.54) is 0 Å². The molecule has 6 nitrogen and oxygen atoms in total. The third kappa shape index (κ3) is 2.60. The Morgan fingerprint density at radius 1 is 1.35 bits per heavy atom. The molecule has 0 unspecified atom stereocenters. The van der Waals surface area contributed by atoms with E-state index in [-0.39, 0.29) is 17.6 Å². The van der Waals surface area contributed by atoms with E-state index < -0.39 is 0 Å². The highest BCUT2D eigenvalue weighted by atomic mass is 16.5. The third-order valence-electron chi connectivity index (χ3n) is 4.33. The highest BCUT2D eigenvalue weighted by Crippen LogP contribution is 2.27. The Morgan fingerprint density at radius 2 is 2.10 bits per heavy atom. The number of aliphatic hydroxyl groups is 1. The average molecular weight is 280 g/mol. The number of aliphatic hydroxyl groups excluding tert-OH is 1. The summed E-state index contributed by atoms with van der Waals surface area (Å²) in [7, 11) is 0. The summed E-state index contributed by atoms with van der Waals surface area (Å²) in [6.45, 7) is 9.65. The highest BCUT2D eigenvalue weighted by Gasteiger charge is 2.35. The monoisotopic (exact) mass is 280 g/mol. The molecule has 1 aromatic heterocycles. The number of nitrogens with zero attached hydrogens (tertiary/aromatic N) is 4. The zero-order valence-electron chi connectivity index (χ0n) is 12.5. The van der Waals surface area contributed by atoms with E-state index in [9.17, 15) is 5.11 Å². The molecule has 2 fully saturated rings. The molecule has 2 saturated heterocycles. The van der Waals surface area contributed by atoms with Crippen molar-refractivity contribution in [1.29, 1.82) is 0 Å². The topological polar surface area (TPSA) is 63.4 Å². The molecule has 0 amide bonds. The maximum atomic E-state index is 10.4. The van der Waals surface area contributed by atoms with Crippen LogP contribution >= 0.6 is 0 Å². The first-order valence-corrected chi connectivity index (χ1v) is 7.37. The van der Waals surface area contributed by atoms with Gasteiger partial charge in [0.25, 0.3) is 0 Å². The molecule has 20 heavy (non-hydrogen) atoms. The zero-order chi connectivity index (χ0) is 14.3. The van der Waals surface area contributed by atoms with Crippen molar-refractivity contribution < 1.29 is 9.84 Å². The number of ether oxygens (including phenoxy) is 1. The van der Waals surface area contributed by atoms with E-state index >= 15 is 0 Å². The van der Waals surface area contributed by atoms with Gasteiger partial charge in [0.05, 0.1) is 37.1 Å². The maximum Gasteiger partial charge on any atom is 0.0892 e. The zero-order valence-corrected chi connectivity index (χ0v) is 12.5. The lowest BCUT2D eigenvalue weighted by molar-refractivity contribution is -0.0947. The number of β-amino-alcohol motifs (C(OH)–C–C–N with tert-alkyl or cyclic N) is 1.